The Morgan fingerprint density at radius 2 is 1.92 bits per heavy atom. The zero-order valence-corrected chi connectivity index (χ0v) is 14.3. The maximum atomic E-state index is 5.90. The van der Waals surface area contributed by atoms with Gasteiger partial charge in [-0.05, 0) is 36.9 Å². The Labute approximate surface area is 145 Å². The highest BCUT2D eigenvalue weighted by atomic mass is 35.5. The topological polar surface area (TPSA) is 51.4 Å². The molecule has 0 bridgehead atoms. The van der Waals surface area contributed by atoms with Crippen molar-refractivity contribution < 1.29 is 9.26 Å². The second-order valence-electron chi connectivity index (χ2n) is 5.54. The Kier molecular flexibility index (Phi) is 5.13. The summed E-state index contributed by atoms with van der Waals surface area (Å²) in [6.45, 7) is 1.34. The Morgan fingerprint density at radius 1 is 1.12 bits per heavy atom. The third-order valence-electron chi connectivity index (χ3n) is 3.57. The summed E-state index contributed by atoms with van der Waals surface area (Å²) in [6, 6.07) is 15.4. The molecule has 2 aromatic carbocycles. The van der Waals surface area contributed by atoms with Crippen LogP contribution in [0.2, 0.25) is 5.02 Å². The van der Waals surface area contributed by atoms with Crippen LogP contribution in [0.3, 0.4) is 0 Å². The first kappa shape index (κ1) is 16.5. The van der Waals surface area contributed by atoms with Gasteiger partial charge >= 0.3 is 0 Å². The minimum atomic E-state index is 0.559. The Morgan fingerprint density at radius 3 is 2.67 bits per heavy atom. The maximum Gasteiger partial charge on any atom is 0.241 e. The summed E-state index contributed by atoms with van der Waals surface area (Å²) in [5.74, 6) is 1.90. The van der Waals surface area contributed by atoms with Gasteiger partial charge in [0.1, 0.15) is 5.75 Å². The fraction of sp³-hybridized carbons (Fsp3) is 0.222. The van der Waals surface area contributed by atoms with Crippen LogP contribution in [0.4, 0.5) is 0 Å². The number of hydrogen-bond donors (Lipinski definition) is 0. The van der Waals surface area contributed by atoms with E-state index in [0.717, 1.165) is 22.9 Å². The van der Waals surface area contributed by atoms with E-state index >= 15 is 0 Å². The van der Waals surface area contributed by atoms with Gasteiger partial charge in [-0.15, -0.1) is 0 Å². The SMILES string of the molecule is COc1cccc(-c2noc(CN(C)Cc3ccc(Cl)cc3)n2)c1. The molecule has 5 nitrogen and oxygen atoms in total. The minimum Gasteiger partial charge on any atom is -0.497 e. The molecule has 0 amide bonds. The van der Waals surface area contributed by atoms with Crippen molar-refractivity contribution in [1.82, 2.24) is 15.0 Å². The van der Waals surface area contributed by atoms with Gasteiger partial charge in [0.2, 0.25) is 11.7 Å². The van der Waals surface area contributed by atoms with Crippen molar-refractivity contribution in [3.05, 3.63) is 65.0 Å². The van der Waals surface area contributed by atoms with Gasteiger partial charge in [-0.25, -0.2) is 0 Å². The predicted molar refractivity (Wildman–Crippen MR) is 92.9 cm³/mol. The first-order valence-electron chi connectivity index (χ1n) is 7.54. The molecule has 1 aromatic heterocycles. The number of halogens is 1. The molecule has 0 fully saturated rings. The Hall–Kier alpha value is -2.37. The molecule has 124 valence electrons. The Bertz CT molecular complexity index is 802. The van der Waals surface area contributed by atoms with Gasteiger partial charge in [-0.2, -0.15) is 4.98 Å². The maximum absolute atomic E-state index is 5.90. The lowest BCUT2D eigenvalue weighted by Crippen LogP contribution is -2.17. The van der Waals surface area contributed by atoms with E-state index < -0.39 is 0 Å². The van der Waals surface area contributed by atoms with E-state index in [0.29, 0.717) is 18.3 Å². The molecule has 0 aliphatic rings. The van der Waals surface area contributed by atoms with E-state index in [1.54, 1.807) is 7.11 Å². The van der Waals surface area contributed by atoms with Crippen LogP contribution in [0.25, 0.3) is 11.4 Å². The van der Waals surface area contributed by atoms with Crippen molar-refractivity contribution in [2.45, 2.75) is 13.1 Å². The highest BCUT2D eigenvalue weighted by Crippen LogP contribution is 2.21. The van der Waals surface area contributed by atoms with Gasteiger partial charge in [0.05, 0.1) is 13.7 Å². The Balaban J connectivity index is 1.65. The zero-order valence-electron chi connectivity index (χ0n) is 13.6. The number of ether oxygens (including phenoxy) is 1. The number of benzene rings is 2. The van der Waals surface area contributed by atoms with E-state index in [-0.39, 0.29) is 0 Å². The van der Waals surface area contributed by atoms with Crippen LogP contribution in [-0.4, -0.2) is 29.2 Å². The molecule has 0 saturated carbocycles. The number of aromatic nitrogens is 2. The largest absolute Gasteiger partial charge is 0.497 e. The molecule has 0 spiro atoms. The van der Waals surface area contributed by atoms with Crippen LogP contribution in [0.15, 0.2) is 53.1 Å². The number of rotatable bonds is 6. The van der Waals surface area contributed by atoms with Crippen molar-refractivity contribution in [1.29, 1.82) is 0 Å². The van der Waals surface area contributed by atoms with Crippen LogP contribution in [0.1, 0.15) is 11.5 Å². The second-order valence-corrected chi connectivity index (χ2v) is 5.98. The summed E-state index contributed by atoms with van der Waals surface area (Å²) in [6.07, 6.45) is 0. The fourth-order valence-corrected chi connectivity index (χ4v) is 2.51. The van der Waals surface area contributed by atoms with Crippen LogP contribution in [-0.2, 0) is 13.1 Å². The lowest BCUT2D eigenvalue weighted by molar-refractivity contribution is 0.261. The molecule has 0 atom stereocenters. The lowest BCUT2D eigenvalue weighted by Gasteiger charge is -2.13. The number of methoxy groups -OCH3 is 1. The molecule has 0 aliphatic heterocycles. The molecule has 0 radical (unpaired) electrons. The van der Waals surface area contributed by atoms with Crippen LogP contribution < -0.4 is 4.74 Å². The summed E-state index contributed by atoms with van der Waals surface area (Å²) >= 11 is 5.90. The average Bonchev–Trinajstić information content (AvgIpc) is 3.05. The molecular weight excluding hydrogens is 326 g/mol. The summed E-state index contributed by atoms with van der Waals surface area (Å²) in [7, 11) is 3.64. The highest BCUT2D eigenvalue weighted by molar-refractivity contribution is 6.30. The predicted octanol–water partition coefficient (Wildman–Crippen LogP) is 4.03. The van der Waals surface area contributed by atoms with Crippen molar-refractivity contribution in [2.75, 3.05) is 14.2 Å². The molecule has 0 N–H and O–H groups in total. The van der Waals surface area contributed by atoms with Crippen LogP contribution in [0.5, 0.6) is 5.75 Å². The lowest BCUT2D eigenvalue weighted by atomic mass is 10.2. The van der Waals surface area contributed by atoms with Crippen LogP contribution >= 0.6 is 11.6 Å². The molecule has 6 heteroatoms. The van der Waals surface area contributed by atoms with Gasteiger partial charge in [0, 0.05) is 17.1 Å². The van der Waals surface area contributed by atoms with E-state index in [4.69, 9.17) is 20.9 Å². The average molecular weight is 344 g/mol. The quantitative estimate of drug-likeness (QED) is 0.676. The summed E-state index contributed by atoms with van der Waals surface area (Å²) in [4.78, 5) is 6.56. The van der Waals surface area contributed by atoms with Gasteiger partial charge < -0.3 is 9.26 Å². The monoisotopic (exact) mass is 343 g/mol. The highest BCUT2D eigenvalue weighted by Gasteiger charge is 2.11. The van der Waals surface area contributed by atoms with Gasteiger partial charge in [0.15, 0.2) is 0 Å². The van der Waals surface area contributed by atoms with E-state index in [2.05, 4.69) is 15.0 Å². The van der Waals surface area contributed by atoms with Crippen molar-refractivity contribution in [3.8, 4) is 17.1 Å². The molecule has 3 aromatic rings. The third-order valence-corrected chi connectivity index (χ3v) is 3.82. The second kappa shape index (κ2) is 7.47. The molecule has 0 unspecified atom stereocenters. The zero-order chi connectivity index (χ0) is 16.9. The molecule has 0 saturated heterocycles. The molecule has 24 heavy (non-hydrogen) atoms. The standard InChI is InChI=1S/C18H18ClN3O2/c1-22(11-13-6-8-15(19)9-7-13)12-17-20-18(21-24-17)14-4-3-5-16(10-14)23-2/h3-10H,11-12H2,1-2H3. The summed E-state index contributed by atoms with van der Waals surface area (Å²) < 4.78 is 10.6. The van der Waals surface area contributed by atoms with Crippen molar-refractivity contribution >= 4 is 11.6 Å². The third kappa shape index (κ3) is 4.13. The van der Waals surface area contributed by atoms with E-state index in [1.807, 2.05) is 55.6 Å². The van der Waals surface area contributed by atoms with Gasteiger partial charge in [0.25, 0.3) is 0 Å². The van der Waals surface area contributed by atoms with E-state index in [9.17, 15) is 0 Å². The minimum absolute atomic E-state index is 0.559. The first-order chi connectivity index (χ1) is 11.6. The number of nitrogens with zero attached hydrogens (tertiary/aromatic N) is 3. The van der Waals surface area contributed by atoms with Gasteiger partial charge in [-0.1, -0.05) is 41.0 Å². The van der Waals surface area contributed by atoms with Crippen molar-refractivity contribution in [3.63, 3.8) is 0 Å². The normalized spacial score (nSPS) is 11.0. The first-order valence-corrected chi connectivity index (χ1v) is 7.92. The molecular formula is C18H18ClN3O2. The number of hydrogen-bond acceptors (Lipinski definition) is 5. The summed E-state index contributed by atoms with van der Waals surface area (Å²) in [5, 5.41) is 4.79. The van der Waals surface area contributed by atoms with Gasteiger partial charge in [-0.3, -0.25) is 4.90 Å². The summed E-state index contributed by atoms with van der Waals surface area (Å²) in [5.41, 5.74) is 2.04. The fourth-order valence-electron chi connectivity index (χ4n) is 2.39. The van der Waals surface area contributed by atoms with Crippen LogP contribution in [0, 0.1) is 0 Å². The smallest absolute Gasteiger partial charge is 0.241 e. The van der Waals surface area contributed by atoms with Crippen molar-refractivity contribution in [2.24, 2.45) is 0 Å². The molecule has 0 aliphatic carbocycles. The molecule has 1 heterocycles. The van der Waals surface area contributed by atoms with E-state index in [1.165, 1.54) is 5.56 Å². The molecule has 3 rings (SSSR count).